The van der Waals surface area contributed by atoms with Gasteiger partial charge in [-0.3, -0.25) is 14.6 Å². The number of nitrogens with zero attached hydrogens (tertiary/aromatic N) is 1. The Morgan fingerprint density at radius 3 is 2.15 bits per heavy atom. The van der Waals surface area contributed by atoms with Gasteiger partial charge in [0.25, 0.3) is 0 Å². The van der Waals surface area contributed by atoms with Crippen LogP contribution in [-0.4, -0.2) is 30.8 Å². The molecule has 6 nitrogen and oxygen atoms in total. The molecule has 1 aromatic heterocycles. The zero-order chi connectivity index (χ0) is 24.2. The van der Waals surface area contributed by atoms with Crippen molar-refractivity contribution in [2.75, 3.05) is 11.1 Å². The summed E-state index contributed by atoms with van der Waals surface area (Å²) in [6.07, 6.45) is 1.52. The highest BCUT2D eigenvalue weighted by atomic mass is 35.5. The first-order valence-electron chi connectivity index (χ1n) is 10.4. The average molecular weight is 485 g/mol. The minimum atomic E-state index is -3.28. The largest absolute Gasteiger partial charge is 0.324 e. The van der Waals surface area contributed by atoms with Gasteiger partial charge >= 0.3 is 0 Å². The van der Waals surface area contributed by atoms with Gasteiger partial charge in [-0.1, -0.05) is 42.8 Å². The zero-order valence-electron chi connectivity index (χ0n) is 18.6. The summed E-state index contributed by atoms with van der Waals surface area (Å²) in [6.45, 7) is 5.24. The van der Waals surface area contributed by atoms with Crippen molar-refractivity contribution in [2.45, 2.75) is 37.5 Å². The molecule has 0 aliphatic heterocycles. The molecule has 172 valence electrons. The summed E-state index contributed by atoms with van der Waals surface area (Å²) in [7, 11) is -3.28. The summed E-state index contributed by atoms with van der Waals surface area (Å²) in [5.41, 5.74) is 1.48. The predicted octanol–water partition coefficient (Wildman–Crippen LogP) is 4.87. The van der Waals surface area contributed by atoms with Gasteiger partial charge in [-0.25, -0.2) is 8.42 Å². The normalized spacial score (nSPS) is 11.8. The van der Waals surface area contributed by atoms with E-state index in [1.165, 1.54) is 18.3 Å². The molecule has 0 atom stereocenters. The summed E-state index contributed by atoms with van der Waals surface area (Å²) >= 11 is 5.94. The quantitative estimate of drug-likeness (QED) is 0.460. The van der Waals surface area contributed by atoms with E-state index in [1.807, 2.05) is 26.0 Å². The topological polar surface area (TPSA) is 93.2 Å². The third-order valence-electron chi connectivity index (χ3n) is 5.44. The Kier molecular flexibility index (Phi) is 7.34. The van der Waals surface area contributed by atoms with Crippen molar-refractivity contribution in [3.63, 3.8) is 0 Å². The smallest absolute Gasteiger partial charge is 0.228 e. The summed E-state index contributed by atoms with van der Waals surface area (Å²) in [5, 5.41) is 3.34. The van der Waals surface area contributed by atoms with Crippen molar-refractivity contribution in [1.29, 1.82) is 0 Å². The average Bonchev–Trinajstić information content (AvgIpc) is 2.79. The van der Waals surface area contributed by atoms with Crippen LogP contribution >= 0.6 is 11.6 Å². The van der Waals surface area contributed by atoms with Gasteiger partial charge in [0.15, 0.2) is 15.6 Å². The molecule has 1 amide bonds. The number of hydrogen-bond acceptors (Lipinski definition) is 5. The molecule has 33 heavy (non-hydrogen) atoms. The van der Waals surface area contributed by atoms with Crippen LogP contribution in [0, 0.1) is 0 Å². The molecule has 0 unspecified atom stereocenters. The molecule has 1 heterocycles. The minimum Gasteiger partial charge on any atom is -0.324 e. The van der Waals surface area contributed by atoms with Crippen molar-refractivity contribution in [1.82, 2.24) is 4.98 Å². The molecule has 2 aromatic carbocycles. The molecule has 3 aromatic rings. The second kappa shape index (κ2) is 9.85. The number of nitrogens with one attached hydrogen (secondary N) is 1. The molecule has 0 bridgehead atoms. The highest BCUT2D eigenvalue weighted by Gasteiger charge is 2.31. The summed E-state index contributed by atoms with van der Waals surface area (Å²) in [5.74, 6) is -0.400. The van der Waals surface area contributed by atoms with Gasteiger partial charge in [0.1, 0.15) is 5.69 Å². The fraction of sp³-hybridized carbons (Fsp3) is 0.240. The molecule has 0 aliphatic carbocycles. The van der Waals surface area contributed by atoms with Crippen LogP contribution in [0.2, 0.25) is 5.02 Å². The standard InChI is InChI=1S/C25H25ClN2O4S/c1-4-33(31,32)21-12-5-17(6-13-21)15-23(29)28-20-11-14-22(27-16-20)24(30)25(2,3)18-7-9-19(26)10-8-18/h5-14,16H,4,15H2,1-3H3,(H,28,29). The minimum absolute atomic E-state index is 0.0230. The van der Waals surface area contributed by atoms with E-state index in [0.717, 1.165) is 5.56 Å². The number of benzene rings is 2. The number of Topliss-reactive ketones (excluding diaryl/α,β-unsaturated/α-hetero) is 1. The molecule has 0 fully saturated rings. The van der Waals surface area contributed by atoms with Crippen LogP contribution in [0.5, 0.6) is 0 Å². The van der Waals surface area contributed by atoms with Crippen LogP contribution in [0.4, 0.5) is 5.69 Å². The maximum atomic E-state index is 13.0. The van der Waals surface area contributed by atoms with Gasteiger partial charge in [-0.2, -0.15) is 0 Å². The monoisotopic (exact) mass is 484 g/mol. The number of rotatable bonds is 8. The van der Waals surface area contributed by atoms with Crippen molar-refractivity contribution >= 4 is 38.8 Å². The molecule has 0 saturated carbocycles. The predicted molar refractivity (Wildman–Crippen MR) is 130 cm³/mol. The van der Waals surface area contributed by atoms with Gasteiger partial charge in [-0.15, -0.1) is 0 Å². The Labute approximate surface area is 198 Å². The first kappa shape index (κ1) is 24.6. The molecule has 0 aliphatic rings. The van der Waals surface area contributed by atoms with E-state index in [9.17, 15) is 18.0 Å². The molecule has 0 spiro atoms. The Balaban J connectivity index is 1.65. The first-order chi connectivity index (χ1) is 15.5. The third kappa shape index (κ3) is 5.86. The summed E-state index contributed by atoms with van der Waals surface area (Å²) in [4.78, 5) is 29.9. The van der Waals surface area contributed by atoms with Crippen molar-refractivity contribution < 1.29 is 18.0 Å². The van der Waals surface area contributed by atoms with Crippen LogP contribution in [0.25, 0.3) is 0 Å². The first-order valence-corrected chi connectivity index (χ1v) is 12.4. The number of pyridine rings is 1. The van der Waals surface area contributed by atoms with Crippen molar-refractivity contribution in [3.8, 4) is 0 Å². The molecular formula is C25H25ClN2O4S. The number of anilines is 1. The van der Waals surface area contributed by atoms with E-state index in [1.54, 1.807) is 43.3 Å². The maximum absolute atomic E-state index is 13.0. The van der Waals surface area contributed by atoms with E-state index in [4.69, 9.17) is 11.6 Å². The SMILES string of the molecule is CCS(=O)(=O)c1ccc(CC(=O)Nc2ccc(C(=O)C(C)(C)c3ccc(Cl)cc3)nc2)cc1. The van der Waals surface area contributed by atoms with E-state index in [2.05, 4.69) is 10.3 Å². The van der Waals surface area contributed by atoms with Gasteiger partial charge in [-0.05, 0) is 61.4 Å². The molecule has 0 radical (unpaired) electrons. The molecule has 1 N–H and O–H groups in total. The Bertz CT molecular complexity index is 1250. The number of halogens is 1. The number of amides is 1. The Morgan fingerprint density at radius 2 is 1.61 bits per heavy atom. The lowest BCUT2D eigenvalue weighted by Gasteiger charge is -2.23. The molecular weight excluding hydrogens is 460 g/mol. The second-order valence-corrected chi connectivity index (χ2v) is 10.9. The van der Waals surface area contributed by atoms with Crippen LogP contribution < -0.4 is 5.32 Å². The number of hydrogen-bond donors (Lipinski definition) is 1. The number of carbonyl (C=O) groups is 2. The number of carbonyl (C=O) groups excluding carboxylic acids is 2. The van der Waals surface area contributed by atoms with Crippen LogP contribution in [-0.2, 0) is 26.5 Å². The van der Waals surface area contributed by atoms with Gasteiger partial charge in [0.2, 0.25) is 5.91 Å². The van der Waals surface area contributed by atoms with E-state index in [0.29, 0.717) is 22.0 Å². The highest BCUT2D eigenvalue weighted by Crippen LogP contribution is 2.28. The Morgan fingerprint density at radius 1 is 0.970 bits per heavy atom. The second-order valence-electron chi connectivity index (χ2n) is 8.17. The van der Waals surface area contributed by atoms with Crippen LogP contribution in [0.1, 0.15) is 42.4 Å². The molecule has 3 rings (SSSR count). The molecule has 8 heteroatoms. The number of ketones is 1. The lowest BCUT2D eigenvalue weighted by molar-refractivity contribution is -0.115. The fourth-order valence-electron chi connectivity index (χ4n) is 3.29. The highest BCUT2D eigenvalue weighted by molar-refractivity contribution is 7.91. The number of aromatic nitrogens is 1. The van der Waals surface area contributed by atoms with Crippen molar-refractivity contribution in [3.05, 3.63) is 88.7 Å². The van der Waals surface area contributed by atoms with Crippen LogP contribution in [0.3, 0.4) is 0 Å². The van der Waals surface area contributed by atoms with E-state index >= 15 is 0 Å². The van der Waals surface area contributed by atoms with Crippen LogP contribution in [0.15, 0.2) is 71.8 Å². The van der Waals surface area contributed by atoms with Gasteiger partial charge in [0.05, 0.1) is 34.4 Å². The molecule has 0 saturated heterocycles. The third-order valence-corrected chi connectivity index (χ3v) is 7.44. The van der Waals surface area contributed by atoms with Gasteiger partial charge in [0, 0.05) is 5.02 Å². The van der Waals surface area contributed by atoms with E-state index < -0.39 is 15.3 Å². The fourth-order valence-corrected chi connectivity index (χ4v) is 4.30. The van der Waals surface area contributed by atoms with Crippen molar-refractivity contribution in [2.24, 2.45) is 0 Å². The maximum Gasteiger partial charge on any atom is 0.228 e. The summed E-state index contributed by atoms with van der Waals surface area (Å²) < 4.78 is 23.8. The Hall–Kier alpha value is -3.03. The lowest BCUT2D eigenvalue weighted by Crippen LogP contribution is -2.29. The lowest BCUT2D eigenvalue weighted by atomic mass is 9.79. The van der Waals surface area contributed by atoms with E-state index in [-0.39, 0.29) is 28.8 Å². The van der Waals surface area contributed by atoms with Gasteiger partial charge < -0.3 is 5.32 Å². The number of sulfone groups is 1. The summed E-state index contributed by atoms with van der Waals surface area (Å²) in [6, 6.07) is 16.6. The zero-order valence-corrected chi connectivity index (χ0v) is 20.2.